The molecule has 0 bridgehead atoms. The lowest BCUT2D eigenvalue weighted by atomic mass is 9.70. The SMILES string of the molecule is CCOC(=O)C1(C2(O)CCSC2)CCCC1. The summed E-state index contributed by atoms with van der Waals surface area (Å²) in [4.78, 5) is 12.2. The molecule has 1 saturated carbocycles. The zero-order valence-corrected chi connectivity index (χ0v) is 10.6. The van der Waals surface area contributed by atoms with Crippen molar-refractivity contribution in [3.05, 3.63) is 0 Å². The Morgan fingerprint density at radius 2 is 2.06 bits per heavy atom. The van der Waals surface area contributed by atoms with Gasteiger partial charge in [0.15, 0.2) is 0 Å². The maximum Gasteiger partial charge on any atom is 0.315 e. The van der Waals surface area contributed by atoms with Crippen LogP contribution in [0.1, 0.15) is 39.0 Å². The second-order valence-electron chi connectivity index (χ2n) is 4.84. The Hall–Kier alpha value is -0.220. The summed E-state index contributed by atoms with van der Waals surface area (Å²) in [5, 5.41) is 10.7. The molecule has 1 aliphatic heterocycles. The molecule has 0 aromatic carbocycles. The number of aliphatic hydroxyl groups is 1. The van der Waals surface area contributed by atoms with Crippen LogP contribution in [0.3, 0.4) is 0 Å². The first-order chi connectivity index (χ1) is 7.65. The zero-order chi connectivity index (χ0) is 11.6. The van der Waals surface area contributed by atoms with Gasteiger partial charge in [0.1, 0.15) is 0 Å². The highest BCUT2D eigenvalue weighted by atomic mass is 32.2. The van der Waals surface area contributed by atoms with Crippen LogP contribution >= 0.6 is 11.8 Å². The van der Waals surface area contributed by atoms with E-state index >= 15 is 0 Å². The molecule has 2 rings (SSSR count). The van der Waals surface area contributed by atoms with Gasteiger partial charge in [0, 0.05) is 5.75 Å². The van der Waals surface area contributed by atoms with Crippen molar-refractivity contribution in [3.8, 4) is 0 Å². The number of thioether (sulfide) groups is 1. The van der Waals surface area contributed by atoms with Gasteiger partial charge < -0.3 is 9.84 Å². The Balaban J connectivity index is 2.24. The van der Waals surface area contributed by atoms with Gasteiger partial charge in [-0.2, -0.15) is 11.8 Å². The molecular formula is C12H20O3S. The maximum absolute atomic E-state index is 12.2. The maximum atomic E-state index is 12.2. The van der Waals surface area contributed by atoms with E-state index in [1.807, 2.05) is 6.92 Å². The predicted octanol–water partition coefficient (Wildman–Crippen LogP) is 1.98. The second-order valence-corrected chi connectivity index (χ2v) is 5.95. The third-order valence-electron chi connectivity index (χ3n) is 4.01. The predicted molar refractivity (Wildman–Crippen MR) is 64.4 cm³/mol. The Kier molecular flexibility index (Phi) is 3.50. The highest BCUT2D eigenvalue weighted by Gasteiger charge is 2.58. The molecule has 1 unspecified atom stereocenters. The molecule has 1 N–H and O–H groups in total. The minimum atomic E-state index is -0.819. The van der Waals surface area contributed by atoms with E-state index in [1.54, 1.807) is 11.8 Å². The largest absolute Gasteiger partial charge is 0.465 e. The quantitative estimate of drug-likeness (QED) is 0.771. The zero-order valence-electron chi connectivity index (χ0n) is 9.83. The van der Waals surface area contributed by atoms with Crippen molar-refractivity contribution in [2.75, 3.05) is 18.1 Å². The average molecular weight is 244 g/mol. The smallest absolute Gasteiger partial charge is 0.315 e. The van der Waals surface area contributed by atoms with Gasteiger partial charge >= 0.3 is 5.97 Å². The van der Waals surface area contributed by atoms with Crippen molar-refractivity contribution in [2.24, 2.45) is 5.41 Å². The third-order valence-corrected chi connectivity index (χ3v) is 5.19. The van der Waals surface area contributed by atoms with E-state index in [0.29, 0.717) is 12.4 Å². The van der Waals surface area contributed by atoms with Gasteiger partial charge in [-0.05, 0) is 31.9 Å². The van der Waals surface area contributed by atoms with Crippen molar-refractivity contribution in [1.82, 2.24) is 0 Å². The van der Waals surface area contributed by atoms with Crippen LogP contribution in [0.5, 0.6) is 0 Å². The van der Waals surface area contributed by atoms with Gasteiger partial charge in [-0.3, -0.25) is 4.79 Å². The molecule has 3 nitrogen and oxygen atoms in total. The minimum Gasteiger partial charge on any atom is -0.465 e. The van der Waals surface area contributed by atoms with Crippen molar-refractivity contribution in [1.29, 1.82) is 0 Å². The molecule has 1 heterocycles. The molecule has 2 aliphatic rings. The summed E-state index contributed by atoms with van der Waals surface area (Å²) in [5.41, 5.74) is -1.42. The molecule has 1 atom stereocenters. The standard InChI is InChI=1S/C12H20O3S/c1-2-15-10(13)11(5-3-4-6-11)12(14)7-8-16-9-12/h14H,2-9H2,1H3. The Morgan fingerprint density at radius 1 is 1.38 bits per heavy atom. The minimum absolute atomic E-state index is 0.169. The first kappa shape index (κ1) is 12.2. The van der Waals surface area contributed by atoms with Crippen LogP contribution in [-0.4, -0.2) is 34.8 Å². The fourth-order valence-electron chi connectivity index (χ4n) is 3.04. The van der Waals surface area contributed by atoms with Crippen LogP contribution in [0, 0.1) is 5.41 Å². The van der Waals surface area contributed by atoms with Crippen LogP contribution in [0.4, 0.5) is 0 Å². The number of esters is 1. The topological polar surface area (TPSA) is 46.5 Å². The van der Waals surface area contributed by atoms with Crippen molar-refractivity contribution in [2.45, 2.75) is 44.6 Å². The summed E-state index contributed by atoms with van der Waals surface area (Å²) in [7, 11) is 0. The van der Waals surface area contributed by atoms with E-state index in [9.17, 15) is 9.90 Å². The molecule has 92 valence electrons. The van der Waals surface area contributed by atoms with E-state index in [2.05, 4.69) is 0 Å². The summed E-state index contributed by atoms with van der Waals surface area (Å²) >= 11 is 1.74. The molecule has 0 spiro atoms. The monoisotopic (exact) mass is 244 g/mol. The van der Waals surface area contributed by atoms with Crippen molar-refractivity contribution < 1.29 is 14.6 Å². The number of carbonyl (C=O) groups is 1. The molecule has 0 radical (unpaired) electrons. The molecule has 0 amide bonds. The van der Waals surface area contributed by atoms with Crippen molar-refractivity contribution in [3.63, 3.8) is 0 Å². The molecule has 16 heavy (non-hydrogen) atoms. The fraction of sp³-hybridized carbons (Fsp3) is 0.917. The van der Waals surface area contributed by atoms with Gasteiger partial charge in [0.2, 0.25) is 0 Å². The molecule has 4 heteroatoms. The summed E-state index contributed by atoms with van der Waals surface area (Å²) in [6.07, 6.45) is 4.39. The Bertz CT molecular complexity index is 265. The summed E-state index contributed by atoms with van der Waals surface area (Å²) in [6.45, 7) is 2.23. The highest BCUT2D eigenvalue weighted by molar-refractivity contribution is 7.99. The van der Waals surface area contributed by atoms with Gasteiger partial charge in [-0.25, -0.2) is 0 Å². The van der Waals surface area contributed by atoms with E-state index in [4.69, 9.17) is 4.74 Å². The van der Waals surface area contributed by atoms with E-state index in [1.165, 1.54) is 0 Å². The summed E-state index contributed by atoms with van der Waals surface area (Å²) in [5.74, 6) is 1.47. The van der Waals surface area contributed by atoms with Crippen LogP contribution in [0.25, 0.3) is 0 Å². The molecular weight excluding hydrogens is 224 g/mol. The van der Waals surface area contributed by atoms with Crippen LogP contribution < -0.4 is 0 Å². The van der Waals surface area contributed by atoms with Crippen molar-refractivity contribution >= 4 is 17.7 Å². The summed E-state index contributed by atoms with van der Waals surface area (Å²) < 4.78 is 5.20. The first-order valence-electron chi connectivity index (χ1n) is 6.12. The number of ether oxygens (including phenoxy) is 1. The lowest BCUT2D eigenvalue weighted by molar-refractivity contribution is -0.172. The first-order valence-corrected chi connectivity index (χ1v) is 7.27. The second kappa shape index (κ2) is 4.57. The lowest BCUT2D eigenvalue weighted by Crippen LogP contribution is -2.52. The number of hydrogen-bond donors (Lipinski definition) is 1. The Labute approximate surface area is 101 Å². The third kappa shape index (κ3) is 1.76. The molecule has 1 saturated heterocycles. The molecule has 0 aromatic heterocycles. The van der Waals surface area contributed by atoms with Gasteiger partial charge in [0.25, 0.3) is 0 Å². The van der Waals surface area contributed by atoms with Gasteiger partial charge in [-0.15, -0.1) is 0 Å². The van der Waals surface area contributed by atoms with Crippen LogP contribution in [0.15, 0.2) is 0 Å². The Morgan fingerprint density at radius 3 is 2.56 bits per heavy atom. The highest BCUT2D eigenvalue weighted by Crippen LogP contribution is 2.52. The summed E-state index contributed by atoms with van der Waals surface area (Å²) in [6, 6.07) is 0. The van der Waals surface area contributed by atoms with Crippen LogP contribution in [-0.2, 0) is 9.53 Å². The van der Waals surface area contributed by atoms with E-state index in [0.717, 1.165) is 37.9 Å². The number of hydrogen-bond acceptors (Lipinski definition) is 4. The van der Waals surface area contributed by atoms with Crippen LogP contribution in [0.2, 0.25) is 0 Å². The fourth-order valence-corrected chi connectivity index (χ4v) is 4.42. The molecule has 2 fully saturated rings. The normalized spacial score (nSPS) is 32.9. The van der Waals surface area contributed by atoms with Gasteiger partial charge in [0.05, 0.1) is 17.6 Å². The number of carbonyl (C=O) groups excluding carboxylic acids is 1. The number of rotatable bonds is 3. The van der Waals surface area contributed by atoms with Gasteiger partial charge in [-0.1, -0.05) is 12.8 Å². The van der Waals surface area contributed by atoms with E-state index < -0.39 is 11.0 Å². The average Bonchev–Trinajstić information content (AvgIpc) is 2.87. The lowest BCUT2D eigenvalue weighted by Gasteiger charge is -2.39. The molecule has 0 aromatic rings. The van der Waals surface area contributed by atoms with E-state index in [-0.39, 0.29) is 5.97 Å². The molecule has 1 aliphatic carbocycles.